The molecule has 21 heavy (non-hydrogen) atoms. The third-order valence-corrected chi connectivity index (χ3v) is 6.83. The Morgan fingerprint density at radius 3 is 2.71 bits per heavy atom. The molecule has 2 fully saturated rings. The number of aromatic nitrogens is 1. The average Bonchev–Trinajstić information content (AvgIpc) is 3.03. The van der Waals surface area contributed by atoms with Crippen molar-refractivity contribution in [3.8, 4) is 0 Å². The van der Waals surface area contributed by atoms with E-state index in [9.17, 15) is 4.79 Å². The van der Waals surface area contributed by atoms with Gasteiger partial charge in [-0.1, -0.05) is 32.1 Å². The van der Waals surface area contributed by atoms with Crippen LogP contribution in [0.3, 0.4) is 0 Å². The van der Waals surface area contributed by atoms with Crippen LogP contribution >= 0.6 is 11.3 Å². The number of ketones is 1. The van der Waals surface area contributed by atoms with Gasteiger partial charge in [0.25, 0.3) is 0 Å². The summed E-state index contributed by atoms with van der Waals surface area (Å²) >= 11 is 1.39. The van der Waals surface area contributed by atoms with Gasteiger partial charge in [0.05, 0.1) is 10.6 Å². The van der Waals surface area contributed by atoms with Crippen molar-refractivity contribution < 1.29 is 4.79 Å². The van der Waals surface area contributed by atoms with E-state index >= 15 is 0 Å². The number of nitrogens with zero attached hydrogens (tertiary/aromatic N) is 2. The molecule has 1 heterocycles. The number of Topliss-reactive ketones (excluding diaryl/α,β-unsaturated/α-hetero) is 1. The van der Waals surface area contributed by atoms with Gasteiger partial charge in [-0.2, -0.15) is 5.10 Å². The molecule has 0 aliphatic heterocycles. The lowest BCUT2D eigenvalue weighted by atomic mass is 9.69. The zero-order valence-electron chi connectivity index (χ0n) is 13.4. The highest BCUT2D eigenvalue weighted by molar-refractivity contribution is 7.17. The maximum Gasteiger partial charge on any atom is 0.204 e. The topological polar surface area (TPSA) is 54.4 Å². The van der Waals surface area contributed by atoms with Gasteiger partial charge < -0.3 is 0 Å². The van der Waals surface area contributed by atoms with E-state index in [2.05, 4.69) is 36.3 Å². The third-order valence-electron chi connectivity index (χ3n) is 5.66. The summed E-state index contributed by atoms with van der Waals surface area (Å²) in [6.07, 6.45) is 2.36. The highest BCUT2D eigenvalue weighted by Crippen LogP contribution is 2.57. The second-order valence-electron chi connectivity index (χ2n) is 7.06. The van der Waals surface area contributed by atoms with E-state index in [1.54, 1.807) is 6.92 Å². The highest BCUT2D eigenvalue weighted by atomic mass is 32.1. The molecular weight excluding hydrogens is 282 g/mol. The van der Waals surface area contributed by atoms with Gasteiger partial charge in [-0.05, 0) is 37.0 Å². The summed E-state index contributed by atoms with van der Waals surface area (Å²) < 4.78 is 0. The molecule has 0 saturated heterocycles. The van der Waals surface area contributed by atoms with E-state index in [1.165, 1.54) is 23.5 Å². The zero-order valence-corrected chi connectivity index (χ0v) is 14.2. The first kappa shape index (κ1) is 14.7. The summed E-state index contributed by atoms with van der Waals surface area (Å²) in [6.45, 7) is 10.6. The van der Waals surface area contributed by atoms with Crippen molar-refractivity contribution in [1.82, 2.24) is 4.98 Å². The number of carbonyl (C=O) groups is 1. The molecule has 1 aromatic heterocycles. The zero-order chi connectivity index (χ0) is 15.4. The molecule has 0 amide bonds. The van der Waals surface area contributed by atoms with Gasteiger partial charge in [-0.15, -0.1) is 0 Å². The van der Waals surface area contributed by atoms with Crippen LogP contribution in [0.4, 0.5) is 5.13 Å². The molecule has 2 bridgehead atoms. The van der Waals surface area contributed by atoms with Crippen molar-refractivity contribution in [2.45, 2.75) is 47.5 Å². The smallest absolute Gasteiger partial charge is 0.204 e. The minimum atomic E-state index is 0.0704. The number of rotatable bonds is 3. The van der Waals surface area contributed by atoms with Crippen LogP contribution in [-0.2, 0) is 0 Å². The lowest BCUT2D eigenvalue weighted by Gasteiger charge is -2.36. The molecule has 4 nitrogen and oxygen atoms in total. The quantitative estimate of drug-likeness (QED) is 0.675. The minimum Gasteiger partial charge on any atom is -0.294 e. The number of hydrazone groups is 1. The molecule has 5 heteroatoms. The monoisotopic (exact) mass is 305 g/mol. The first-order chi connectivity index (χ1) is 9.80. The summed E-state index contributed by atoms with van der Waals surface area (Å²) in [7, 11) is 0. The Kier molecular flexibility index (Phi) is 3.43. The molecule has 1 aromatic rings. The fourth-order valence-corrected chi connectivity index (χ4v) is 4.70. The third kappa shape index (κ3) is 2.31. The SMILES string of the molecule is CC(=O)c1sc(N/N=C2/C[C@@H]3C[C@H]2[C@@H](C)C3(C)C)nc1C. The van der Waals surface area contributed by atoms with Crippen LogP contribution in [0.2, 0.25) is 0 Å². The van der Waals surface area contributed by atoms with E-state index < -0.39 is 0 Å². The van der Waals surface area contributed by atoms with Crippen molar-refractivity contribution in [3.63, 3.8) is 0 Å². The van der Waals surface area contributed by atoms with Crippen molar-refractivity contribution in [1.29, 1.82) is 0 Å². The average molecular weight is 305 g/mol. The Morgan fingerprint density at radius 2 is 2.19 bits per heavy atom. The van der Waals surface area contributed by atoms with Crippen LogP contribution in [0, 0.1) is 30.1 Å². The number of aryl methyl sites for hydroxylation is 1. The van der Waals surface area contributed by atoms with E-state index in [-0.39, 0.29) is 5.78 Å². The largest absolute Gasteiger partial charge is 0.294 e. The van der Waals surface area contributed by atoms with Crippen LogP contribution < -0.4 is 5.43 Å². The molecule has 2 saturated carbocycles. The Balaban J connectivity index is 1.74. The fraction of sp³-hybridized carbons (Fsp3) is 0.688. The van der Waals surface area contributed by atoms with Crippen LogP contribution in [0.1, 0.15) is 55.9 Å². The first-order valence-corrected chi connectivity index (χ1v) is 8.43. The molecule has 114 valence electrons. The number of carbonyl (C=O) groups excluding carboxylic acids is 1. The minimum absolute atomic E-state index is 0.0704. The van der Waals surface area contributed by atoms with Crippen molar-refractivity contribution >= 4 is 28.0 Å². The number of thiazole rings is 1. The van der Waals surface area contributed by atoms with E-state index in [0.29, 0.717) is 17.3 Å². The maximum absolute atomic E-state index is 11.5. The lowest BCUT2D eigenvalue weighted by Crippen LogP contribution is -2.33. The van der Waals surface area contributed by atoms with Crippen LogP contribution in [-0.4, -0.2) is 16.5 Å². The van der Waals surface area contributed by atoms with Crippen LogP contribution in [0.25, 0.3) is 0 Å². The Bertz CT molecular complexity index is 613. The predicted octanol–water partition coefficient (Wildman–Crippen LogP) is 4.12. The van der Waals surface area contributed by atoms with Gasteiger partial charge in [0.15, 0.2) is 5.78 Å². The molecule has 1 N–H and O–H groups in total. The first-order valence-electron chi connectivity index (χ1n) is 7.61. The van der Waals surface area contributed by atoms with Gasteiger partial charge in [-0.3, -0.25) is 10.2 Å². The van der Waals surface area contributed by atoms with Crippen molar-refractivity contribution in [2.24, 2.45) is 28.3 Å². The van der Waals surface area contributed by atoms with Crippen LogP contribution in [0.15, 0.2) is 5.10 Å². The molecule has 0 unspecified atom stereocenters. The van der Waals surface area contributed by atoms with Crippen LogP contribution in [0.5, 0.6) is 0 Å². The standard InChI is InChI=1S/C16H23N3OS/c1-8-12-6-11(16(8,4)5)7-13(12)18-19-15-17-9(2)14(21-15)10(3)20/h8,11-12H,6-7H2,1-5H3,(H,17,19)/b18-13-/t8-,11+,12+/m1/s1. The maximum atomic E-state index is 11.5. The van der Waals surface area contributed by atoms with Crippen molar-refractivity contribution in [2.75, 3.05) is 5.43 Å². The Morgan fingerprint density at radius 1 is 1.48 bits per heavy atom. The molecule has 2 aliphatic carbocycles. The summed E-state index contributed by atoms with van der Waals surface area (Å²) in [4.78, 5) is 16.6. The lowest BCUT2D eigenvalue weighted by molar-refractivity contribution is 0.102. The van der Waals surface area contributed by atoms with Gasteiger partial charge in [-0.25, -0.2) is 4.98 Å². The number of anilines is 1. The van der Waals surface area contributed by atoms with Gasteiger partial charge in [0, 0.05) is 18.6 Å². The Labute approximate surface area is 130 Å². The highest BCUT2D eigenvalue weighted by Gasteiger charge is 2.53. The van der Waals surface area contributed by atoms with E-state index in [4.69, 9.17) is 0 Å². The molecule has 0 spiro atoms. The molecule has 0 radical (unpaired) electrons. The molecule has 0 aromatic carbocycles. The summed E-state index contributed by atoms with van der Waals surface area (Å²) in [5, 5.41) is 5.33. The number of hydrogen-bond donors (Lipinski definition) is 1. The molecule has 3 rings (SSSR count). The number of fused-ring (bicyclic) bond motifs is 2. The van der Waals surface area contributed by atoms with Crippen molar-refractivity contribution in [3.05, 3.63) is 10.6 Å². The van der Waals surface area contributed by atoms with Gasteiger partial charge in [0.1, 0.15) is 0 Å². The van der Waals surface area contributed by atoms with E-state index in [1.807, 2.05) is 6.92 Å². The molecule has 3 atom stereocenters. The predicted molar refractivity (Wildman–Crippen MR) is 87.1 cm³/mol. The summed E-state index contributed by atoms with van der Waals surface area (Å²) in [5.74, 6) is 2.11. The number of nitrogens with one attached hydrogen (secondary N) is 1. The van der Waals surface area contributed by atoms with Gasteiger partial charge >= 0.3 is 0 Å². The van der Waals surface area contributed by atoms with E-state index in [0.717, 1.165) is 28.0 Å². The fourth-order valence-electron chi connectivity index (χ4n) is 3.90. The van der Waals surface area contributed by atoms with Gasteiger partial charge in [0.2, 0.25) is 5.13 Å². The second-order valence-corrected chi connectivity index (χ2v) is 8.06. The second kappa shape index (κ2) is 4.90. The Hall–Kier alpha value is -1.23. The molecular formula is C16H23N3OS. The normalized spacial score (nSPS) is 31.9. The summed E-state index contributed by atoms with van der Waals surface area (Å²) in [5.41, 5.74) is 5.58. The number of hydrogen-bond acceptors (Lipinski definition) is 5. The summed E-state index contributed by atoms with van der Waals surface area (Å²) in [6, 6.07) is 0. The molecule has 2 aliphatic rings.